The SMILES string of the molecule is CCc1cc(N2CCCC(Nc3ncnc4ccsc34)C2)ncn1. The number of rotatable bonds is 4. The Morgan fingerprint density at radius 3 is 3.08 bits per heavy atom. The maximum atomic E-state index is 4.46. The lowest BCUT2D eigenvalue weighted by atomic mass is 10.1. The summed E-state index contributed by atoms with van der Waals surface area (Å²) in [6.07, 6.45) is 6.52. The average Bonchev–Trinajstić information content (AvgIpc) is 3.12. The third-order valence-electron chi connectivity index (χ3n) is 4.40. The topological polar surface area (TPSA) is 66.8 Å². The predicted molar refractivity (Wildman–Crippen MR) is 97.7 cm³/mol. The largest absolute Gasteiger partial charge is 0.364 e. The first-order chi connectivity index (χ1) is 11.8. The summed E-state index contributed by atoms with van der Waals surface area (Å²) in [7, 11) is 0. The van der Waals surface area contributed by atoms with Crippen molar-refractivity contribution >= 4 is 33.2 Å². The molecule has 3 aromatic heterocycles. The zero-order valence-corrected chi connectivity index (χ0v) is 14.5. The van der Waals surface area contributed by atoms with Crippen LogP contribution in [0.3, 0.4) is 0 Å². The zero-order valence-electron chi connectivity index (χ0n) is 13.6. The van der Waals surface area contributed by atoms with E-state index < -0.39 is 0 Å². The van der Waals surface area contributed by atoms with E-state index in [-0.39, 0.29) is 0 Å². The monoisotopic (exact) mass is 340 g/mol. The van der Waals surface area contributed by atoms with Gasteiger partial charge in [-0.2, -0.15) is 0 Å². The van der Waals surface area contributed by atoms with E-state index >= 15 is 0 Å². The number of piperidine rings is 1. The molecule has 7 heteroatoms. The lowest BCUT2D eigenvalue weighted by Crippen LogP contribution is -2.42. The van der Waals surface area contributed by atoms with E-state index in [2.05, 4.69) is 48.5 Å². The van der Waals surface area contributed by atoms with Gasteiger partial charge < -0.3 is 10.2 Å². The maximum absolute atomic E-state index is 4.46. The normalized spacial score (nSPS) is 18.0. The van der Waals surface area contributed by atoms with Crippen LogP contribution in [0.4, 0.5) is 11.6 Å². The summed E-state index contributed by atoms with van der Waals surface area (Å²) in [6.45, 7) is 4.08. The van der Waals surface area contributed by atoms with Crippen molar-refractivity contribution in [1.29, 1.82) is 0 Å². The minimum absolute atomic E-state index is 0.360. The molecule has 1 fully saturated rings. The van der Waals surface area contributed by atoms with Crippen LogP contribution in [0.2, 0.25) is 0 Å². The smallest absolute Gasteiger partial charge is 0.147 e. The van der Waals surface area contributed by atoms with Gasteiger partial charge in [-0.1, -0.05) is 6.92 Å². The molecule has 0 radical (unpaired) electrons. The molecule has 1 aliphatic rings. The second kappa shape index (κ2) is 6.68. The maximum Gasteiger partial charge on any atom is 0.147 e. The van der Waals surface area contributed by atoms with Gasteiger partial charge in [-0.15, -0.1) is 11.3 Å². The fraction of sp³-hybridized carbons (Fsp3) is 0.412. The van der Waals surface area contributed by atoms with Crippen molar-refractivity contribution in [3.8, 4) is 0 Å². The lowest BCUT2D eigenvalue weighted by molar-refractivity contribution is 0.525. The number of hydrogen-bond donors (Lipinski definition) is 1. The molecule has 0 bridgehead atoms. The van der Waals surface area contributed by atoms with Gasteiger partial charge in [0, 0.05) is 30.9 Å². The molecule has 1 unspecified atom stereocenters. The van der Waals surface area contributed by atoms with Crippen LogP contribution in [0.1, 0.15) is 25.5 Å². The summed E-state index contributed by atoms with van der Waals surface area (Å²) in [5.74, 6) is 1.97. The van der Waals surface area contributed by atoms with Crippen LogP contribution in [0.15, 0.2) is 30.2 Å². The van der Waals surface area contributed by atoms with E-state index in [1.54, 1.807) is 24.0 Å². The molecule has 4 rings (SSSR count). The average molecular weight is 340 g/mol. The Kier molecular flexibility index (Phi) is 4.25. The molecule has 1 atom stereocenters. The first kappa shape index (κ1) is 15.3. The number of fused-ring (bicyclic) bond motifs is 1. The second-order valence-corrected chi connectivity index (χ2v) is 6.92. The quantitative estimate of drug-likeness (QED) is 0.787. The van der Waals surface area contributed by atoms with Crippen molar-refractivity contribution < 1.29 is 0 Å². The van der Waals surface area contributed by atoms with Gasteiger partial charge in [0.2, 0.25) is 0 Å². The third kappa shape index (κ3) is 3.03. The molecule has 4 heterocycles. The summed E-state index contributed by atoms with van der Waals surface area (Å²) in [5, 5.41) is 5.67. The predicted octanol–water partition coefficient (Wildman–Crippen LogP) is 3.12. The minimum atomic E-state index is 0.360. The zero-order chi connectivity index (χ0) is 16.4. The number of aromatic nitrogens is 4. The Morgan fingerprint density at radius 1 is 1.25 bits per heavy atom. The fourth-order valence-electron chi connectivity index (χ4n) is 3.14. The van der Waals surface area contributed by atoms with Crippen LogP contribution in [0.5, 0.6) is 0 Å². The van der Waals surface area contributed by atoms with Crippen molar-refractivity contribution in [2.45, 2.75) is 32.2 Å². The van der Waals surface area contributed by atoms with Crippen LogP contribution in [0, 0.1) is 0 Å². The number of aryl methyl sites for hydroxylation is 1. The highest BCUT2D eigenvalue weighted by molar-refractivity contribution is 7.17. The molecule has 0 amide bonds. The fourth-order valence-corrected chi connectivity index (χ4v) is 3.94. The first-order valence-electron chi connectivity index (χ1n) is 8.34. The molecular weight excluding hydrogens is 320 g/mol. The molecule has 0 aliphatic carbocycles. The standard InChI is InChI=1S/C17H20N6S/c1-2-12-8-15(20-10-18-12)23-6-3-4-13(9-23)22-17-16-14(5-7-24-16)19-11-21-17/h5,7-8,10-11,13H,2-4,6,9H2,1H3,(H,19,21,22). The Hall–Kier alpha value is -2.28. The third-order valence-corrected chi connectivity index (χ3v) is 5.31. The van der Waals surface area contributed by atoms with Crippen molar-refractivity contribution in [3.05, 3.63) is 35.9 Å². The summed E-state index contributed by atoms with van der Waals surface area (Å²) in [5.41, 5.74) is 2.10. The van der Waals surface area contributed by atoms with Crippen molar-refractivity contribution in [2.75, 3.05) is 23.3 Å². The van der Waals surface area contributed by atoms with Crippen LogP contribution < -0.4 is 10.2 Å². The number of nitrogens with one attached hydrogen (secondary N) is 1. The van der Waals surface area contributed by atoms with Gasteiger partial charge in [-0.3, -0.25) is 0 Å². The van der Waals surface area contributed by atoms with Crippen LogP contribution in [0.25, 0.3) is 10.2 Å². The molecule has 0 spiro atoms. The van der Waals surface area contributed by atoms with Gasteiger partial charge in [0.15, 0.2) is 0 Å². The van der Waals surface area contributed by atoms with Gasteiger partial charge in [0.25, 0.3) is 0 Å². The highest BCUT2D eigenvalue weighted by Gasteiger charge is 2.22. The molecule has 1 saturated heterocycles. The molecule has 0 aromatic carbocycles. The van der Waals surface area contributed by atoms with Gasteiger partial charge in [-0.05, 0) is 30.7 Å². The molecular formula is C17H20N6S. The Morgan fingerprint density at radius 2 is 2.17 bits per heavy atom. The van der Waals surface area contributed by atoms with E-state index in [1.165, 1.54) is 0 Å². The van der Waals surface area contributed by atoms with E-state index in [1.807, 2.05) is 6.07 Å². The molecule has 24 heavy (non-hydrogen) atoms. The van der Waals surface area contributed by atoms with Crippen molar-refractivity contribution in [3.63, 3.8) is 0 Å². The number of nitrogens with zero attached hydrogens (tertiary/aromatic N) is 5. The van der Waals surface area contributed by atoms with Crippen molar-refractivity contribution in [2.24, 2.45) is 0 Å². The summed E-state index contributed by atoms with van der Waals surface area (Å²) in [6, 6.07) is 4.50. The van der Waals surface area contributed by atoms with Gasteiger partial charge in [0.1, 0.15) is 24.3 Å². The van der Waals surface area contributed by atoms with Gasteiger partial charge in [-0.25, -0.2) is 19.9 Å². The summed E-state index contributed by atoms with van der Waals surface area (Å²) in [4.78, 5) is 19.8. The van der Waals surface area contributed by atoms with Crippen LogP contribution >= 0.6 is 11.3 Å². The van der Waals surface area contributed by atoms with Gasteiger partial charge >= 0.3 is 0 Å². The summed E-state index contributed by atoms with van der Waals surface area (Å²) < 4.78 is 1.13. The Balaban J connectivity index is 1.51. The molecule has 124 valence electrons. The molecule has 1 N–H and O–H groups in total. The molecule has 0 saturated carbocycles. The second-order valence-electron chi connectivity index (χ2n) is 6.01. The highest BCUT2D eigenvalue weighted by Crippen LogP contribution is 2.27. The first-order valence-corrected chi connectivity index (χ1v) is 9.22. The minimum Gasteiger partial charge on any atom is -0.364 e. The number of anilines is 2. The van der Waals surface area contributed by atoms with Gasteiger partial charge in [0.05, 0.1) is 10.2 Å². The van der Waals surface area contributed by atoms with Crippen molar-refractivity contribution in [1.82, 2.24) is 19.9 Å². The van der Waals surface area contributed by atoms with Crippen LogP contribution in [-0.4, -0.2) is 39.1 Å². The van der Waals surface area contributed by atoms with E-state index in [9.17, 15) is 0 Å². The summed E-state index contributed by atoms with van der Waals surface area (Å²) >= 11 is 1.68. The Bertz CT molecular complexity index is 833. The highest BCUT2D eigenvalue weighted by atomic mass is 32.1. The molecule has 3 aromatic rings. The van der Waals surface area contributed by atoms with E-state index in [4.69, 9.17) is 0 Å². The molecule has 1 aliphatic heterocycles. The number of hydrogen-bond acceptors (Lipinski definition) is 7. The molecule has 6 nitrogen and oxygen atoms in total. The van der Waals surface area contributed by atoms with Crippen LogP contribution in [-0.2, 0) is 6.42 Å². The van der Waals surface area contributed by atoms with E-state index in [0.717, 1.165) is 59.9 Å². The van der Waals surface area contributed by atoms with E-state index in [0.29, 0.717) is 6.04 Å². The number of thiophene rings is 1. The lowest BCUT2D eigenvalue weighted by Gasteiger charge is -2.34. The Labute approximate surface area is 145 Å².